The molecule has 3 aromatic heterocycles. The van der Waals surface area contributed by atoms with E-state index in [-0.39, 0.29) is 0 Å². The quantitative estimate of drug-likeness (QED) is 0.608. The smallest absolute Gasteiger partial charge is 0.163 e. The van der Waals surface area contributed by atoms with E-state index in [1.54, 1.807) is 33.7 Å². The van der Waals surface area contributed by atoms with Gasteiger partial charge in [-0.05, 0) is 18.2 Å². The number of nitriles is 1. The normalized spacial score (nSPS) is 10.4. The Morgan fingerprint density at radius 1 is 1.19 bits per heavy atom. The zero-order valence-electron chi connectivity index (χ0n) is 8.28. The standard InChI is InChI=1S/C11H7N5/c12-8-9-2-1-6-15(9)11-10-3-4-14-16(10)7-5-13-11/h1-7H. The maximum atomic E-state index is 8.97. The summed E-state index contributed by atoms with van der Waals surface area (Å²) in [5.74, 6) is 0.710. The fraction of sp³-hybridized carbons (Fsp3) is 0. The molecule has 16 heavy (non-hydrogen) atoms. The molecule has 3 heterocycles. The third-order valence-electron chi connectivity index (χ3n) is 2.40. The van der Waals surface area contributed by atoms with Gasteiger partial charge < -0.3 is 0 Å². The van der Waals surface area contributed by atoms with E-state index in [2.05, 4.69) is 16.2 Å². The fourth-order valence-electron chi connectivity index (χ4n) is 1.69. The molecule has 0 saturated heterocycles. The highest BCUT2D eigenvalue weighted by atomic mass is 15.2. The van der Waals surface area contributed by atoms with Gasteiger partial charge in [0.15, 0.2) is 5.82 Å². The van der Waals surface area contributed by atoms with Crippen LogP contribution in [0.2, 0.25) is 0 Å². The maximum absolute atomic E-state index is 8.97. The number of fused-ring (bicyclic) bond motifs is 1. The molecule has 0 aliphatic carbocycles. The summed E-state index contributed by atoms with van der Waals surface area (Å²) in [5, 5.41) is 13.1. The topological polar surface area (TPSA) is 58.9 Å². The predicted molar refractivity (Wildman–Crippen MR) is 57.0 cm³/mol. The molecule has 0 aromatic carbocycles. The second-order valence-corrected chi connectivity index (χ2v) is 3.29. The van der Waals surface area contributed by atoms with Gasteiger partial charge in [0, 0.05) is 18.6 Å². The van der Waals surface area contributed by atoms with Crippen molar-refractivity contribution < 1.29 is 0 Å². The van der Waals surface area contributed by atoms with Crippen molar-refractivity contribution in [2.24, 2.45) is 0 Å². The molecular formula is C11H7N5. The van der Waals surface area contributed by atoms with E-state index in [0.29, 0.717) is 11.5 Å². The highest BCUT2D eigenvalue weighted by Crippen LogP contribution is 2.15. The third kappa shape index (κ3) is 1.10. The van der Waals surface area contributed by atoms with Crippen LogP contribution in [0, 0.1) is 11.3 Å². The first-order valence-corrected chi connectivity index (χ1v) is 4.76. The Hall–Kier alpha value is -2.61. The molecule has 5 nitrogen and oxygen atoms in total. The molecule has 0 unspecified atom stereocenters. The first kappa shape index (κ1) is 8.68. The van der Waals surface area contributed by atoms with Crippen LogP contribution in [0.5, 0.6) is 0 Å². The van der Waals surface area contributed by atoms with Crippen LogP contribution in [0.15, 0.2) is 43.0 Å². The molecule has 0 bridgehead atoms. The van der Waals surface area contributed by atoms with Gasteiger partial charge in [-0.25, -0.2) is 9.50 Å². The Kier molecular flexibility index (Phi) is 1.74. The number of aromatic nitrogens is 4. The van der Waals surface area contributed by atoms with Gasteiger partial charge >= 0.3 is 0 Å². The average molecular weight is 209 g/mol. The molecule has 0 aliphatic heterocycles. The number of nitrogens with zero attached hydrogens (tertiary/aromatic N) is 5. The SMILES string of the molecule is N#Cc1cccn1-c1nccn2nccc12. The molecule has 0 spiro atoms. The fourth-order valence-corrected chi connectivity index (χ4v) is 1.69. The van der Waals surface area contributed by atoms with Crippen LogP contribution >= 0.6 is 0 Å². The maximum Gasteiger partial charge on any atom is 0.163 e. The molecule has 0 saturated carbocycles. The molecule has 0 radical (unpaired) electrons. The Bertz CT molecular complexity index is 686. The first-order valence-electron chi connectivity index (χ1n) is 4.76. The summed E-state index contributed by atoms with van der Waals surface area (Å²) in [6, 6.07) is 7.56. The van der Waals surface area contributed by atoms with Gasteiger partial charge in [0.25, 0.3) is 0 Å². The zero-order valence-corrected chi connectivity index (χ0v) is 8.28. The van der Waals surface area contributed by atoms with E-state index >= 15 is 0 Å². The van der Waals surface area contributed by atoms with Crippen molar-refractivity contribution in [1.82, 2.24) is 19.2 Å². The summed E-state index contributed by atoms with van der Waals surface area (Å²) in [7, 11) is 0. The molecule has 0 fully saturated rings. The minimum Gasteiger partial charge on any atom is -0.291 e. The monoisotopic (exact) mass is 209 g/mol. The number of rotatable bonds is 1. The molecule has 3 aromatic rings. The van der Waals surface area contributed by atoms with E-state index < -0.39 is 0 Å². The van der Waals surface area contributed by atoms with E-state index in [1.165, 1.54) is 0 Å². The number of hydrogen-bond donors (Lipinski definition) is 0. The van der Waals surface area contributed by atoms with Crippen molar-refractivity contribution in [1.29, 1.82) is 5.26 Å². The predicted octanol–water partition coefficient (Wildman–Crippen LogP) is 1.39. The molecule has 0 N–H and O–H groups in total. The van der Waals surface area contributed by atoms with E-state index in [4.69, 9.17) is 5.26 Å². The summed E-state index contributed by atoms with van der Waals surface area (Å²) in [6.07, 6.45) is 6.95. The number of hydrogen-bond acceptors (Lipinski definition) is 3. The van der Waals surface area contributed by atoms with Crippen molar-refractivity contribution in [2.75, 3.05) is 0 Å². The first-order chi connectivity index (χ1) is 7.90. The van der Waals surface area contributed by atoms with Crippen LogP contribution in [-0.4, -0.2) is 19.2 Å². The molecule has 0 amide bonds. The second-order valence-electron chi connectivity index (χ2n) is 3.29. The molecule has 3 rings (SSSR count). The van der Waals surface area contributed by atoms with Crippen molar-refractivity contribution in [3.63, 3.8) is 0 Å². The van der Waals surface area contributed by atoms with Crippen LogP contribution in [0.25, 0.3) is 11.3 Å². The minimum atomic E-state index is 0.557. The van der Waals surface area contributed by atoms with Crippen LogP contribution < -0.4 is 0 Å². The van der Waals surface area contributed by atoms with Gasteiger partial charge in [-0.2, -0.15) is 10.4 Å². The summed E-state index contributed by atoms with van der Waals surface area (Å²) in [5.41, 5.74) is 1.43. The summed E-state index contributed by atoms with van der Waals surface area (Å²) < 4.78 is 3.47. The van der Waals surface area contributed by atoms with Crippen LogP contribution in [-0.2, 0) is 0 Å². The molecule has 76 valence electrons. The van der Waals surface area contributed by atoms with Crippen LogP contribution in [0.1, 0.15) is 5.69 Å². The highest BCUT2D eigenvalue weighted by Gasteiger charge is 2.08. The third-order valence-corrected chi connectivity index (χ3v) is 2.40. The van der Waals surface area contributed by atoms with Gasteiger partial charge in [-0.3, -0.25) is 4.57 Å². The van der Waals surface area contributed by atoms with Gasteiger partial charge in [-0.1, -0.05) is 0 Å². The lowest BCUT2D eigenvalue weighted by Gasteiger charge is -2.04. The lowest BCUT2D eigenvalue weighted by atomic mass is 10.4. The molecule has 5 heteroatoms. The lowest BCUT2D eigenvalue weighted by Crippen LogP contribution is -2.01. The van der Waals surface area contributed by atoms with E-state index in [1.807, 2.05) is 18.3 Å². The summed E-state index contributed by atoms with van der Waals surface area (Å²) >= 11 is 0. The zero-order chi connectivity index (χ0) is 11.0. The Labute approximate surface area is 91.2 Å². The molecule has 0 aliphatic rings. The highest BCUT2D eigenvalue weighted by molar-refractivity contribution is 5.60. The summed E-state index contributed by atoms with van der Waals surface area (Å²) in [6.45, 7) is 0. The Balaban J connectivity index is 2.35. The second kappa shape index (κ2) is 3.21. The Morgan fingerprint density at radius 2 is 2.12 bits per heavy atom. The van der Waals surface area contributed by atoms with E-state index in [0.717, 1.165) is 5.52 Å². The van der Waals surface area contributed by atoms with Gasteiger partial charge in [0.2, 0.25) is 0 Å². The minimum absolute atomic E-state index is 0.557. The van der Waals surface area contributed by atoms with Gasteiger partial charge in [-0.15, -0.1) is 0 Å². The van der Waals surface area contributed by atoms with Gasteiger partial charge in [0.05, 0.1) is 6.20 Å². The summed E-state index contributed by atoms with van der Waals surface area (Å²) in [4.78, 5) is 4.28. The lowest BCUT2D eigenvalue weighted by molar-refractivity contribution is 0.909. The largest absolute Gasteiger partial charge is 0.291 e. The van der Waals surface area contributed by atoms with Crippen molar-refractivity contribution in [3.8, 4) is 11.9 Å². The molecular weight excluding hydrogens is 202 g/mol. The van der Waals surface area contributed by atoms with Crippen molar-refractivity contribution in [3.05, 3.63) is 48.7 Å². The molecule has 0 atom stereocenters. The van der Waals surface area contributed by atoms with Crippen molar-refractivity contribution in [2.45, 2.75) is 0 Å². The van der Waals surface area contributed by atoms with Crippen molar-refractivity contribution >= 4 is 5.52 Å². The average Bonchev–Trinajstić information content (AvgIpc) is 2.96. The van der Waals surface area contributed by atoms with Crippen LogP contribution in [0.3, 0.4) is 0 Å². The van der Waals surface area contributed by atoms with E-state index in [9.17, 15) is 0 Å². The van der Waals surface area contributed by atoms with Gasteiger partial charge in [0.1, 0.15) is 17.3 Å². The Morgan fingerprint density at radius 3 is 3.00 bits per heavy atom. The van der Waals surface area contributed by atoms with Crippen LogP contribution in [0.4, 0.5) is 0 Å².